The molecule has 1 aromatic heterocycles. The van der Waals surface area contributed by atoms with Crippen molar-refractivity contribution in [3.05, 3.63) is 53.6 Å². The molecule has 6 nitrogen and oxygen atoms in total. The van der Waals surface area contributed by atoms with Gasteiger partial charge in [-0.25, -0.2) is 9.78 Å². The fraction of sp³-hybridized carbons (Fsp3) is 0.267. The van der Waals surface area contributed by atoms with Crippen LogP contribution in [0.4, 0.5) is 8.78 Å². The van der Waals surface area contributed by atoms with Gasteiger partial charge in [-0.15, -0.1) is 0 Å². The summed E-state index contributed by atoms with van der Waals surface area (Å²) >= 11 is 0. The van der Waals surface area contributed by atoms with E-state index in [0.29, 0.717) is 15.7 Å². The van der Waals surface area contributed by atoms with Crippen molar-refractivity contribution in [2.75, 3.05) is 14.2 Å². The number of hydrogen-bond acceptors (Lipinski definition) is 4. The standard InChI is InChI=1S/C15H15F2N3O3/c1-19(9-12-18-7-8-20(12)15(16)17)13(21)10-3-5-11(6-4-10)14(22)23-2/h3-8,15H,9H2,1-2H3. The second-order valence-corrected chi connectivity index (χ2v) is 4.76. The predicted octanol–water partition coefficient (Wildman–Crippen LogP) is 2.34. The summed E-state index contributed by atoms with van der Waals surface area (Å²) < 4.78 is 30.8. The molecule has 0 unspecified atom stereocenters. The van der Waals surface area contributed by atoms with Gasteiger partial charge in [-0.1, -0.05) is 0 Å². The zero-order valence-electron chi connectivity index (χ0n) is 12.6. The third-order valence-electron chi connectivity index (χ3n) is 3.24. The van der Waals surface area contributed by atoms with Gasteiger partial charge in [-0.3, -0.25) is 9.36 Å². The zero-order valence-corrected chi connectivity index (χ0v) is 12.6. The quantitative estimate of drug-likeness (QED) is 0.792. The van der Waals surface area contributed by atoms with Crippen LogP contribution in [0.3, 0.4) is 0 Å². The molecule has 0 saturated heterocycles. The van der Waals surface area contributed by atoms with Gasteiger partial charge in [0.1, 0.15) is 5.82 Å². The molecule has 1 heterocycles. The van der Waals surface area contributed by atoms with Crippen molar-refractivity contribution >= 4 is 11.9 Å². The molecular formula is C15H15F2N3O3. The smallest absolute Gasteiger partial charge is 0.337 e. The Morgan fingerprint density at radius 3 is 2.43 bits per heavy atom. The maximum absolute atomic E-state index is 12.8. The Morgan fingerprint density at radius 2 is 1.87 bits per heavy atom. The molecule has 0 aliphatic carbocycles. The molecular weight excluding hydrogens is 308 g/mol. The Kier molecular flexibility index (Phi) is 5.05. The van der Waals surface area contributed by atoms with Crippen molar-refractivity contribution in [3.63, 3.8) is 0 Å². The monoisotopic (exact) mass is 323 g/mol. The molecule has 23 heavy (non-hydrogen) atoms. The number of rotatable bonds is 5. The molecule has 0 aliphatic heterocycles. The Hall–Kier alpha value is -2.77. The number of ether oxygens (including phenoxy) is 1. The maximum Gasteiger partial charge on any atom is 0.337 e. The highest BCUT2D eigenvalue weighted by Crippen LogP contribution is 2.15. The van der Waals surface area contributed by atoms with Crippen LogP contribution in [0.5, 0.6) is 0 Å². The molecule has 0 saturated carbocycles. The SMILES string of the molecule is COC(=O)c1ccc(C(=O)N(C)Cc2nccn2C(F)F)cc1. The molecule has 1 aromatic carbocycles. The second kappa shape index (κ2) is 6.99. The first-order chi connectivity index (χ1) is 10.9. The van der Waals surface area contributed by atoms with E-state index in [0.717, 1.165) is 6.20 Å². The lowest BCUT2D eigenvalue weighted by Crippen LogP contribution is -2.27. The lowest BCUT2D eigenvalue weighted by molar-refractivity contribution is 0.0600. The topological polar surface area (TPSA) is 64.4 Å². The lowest BCUT2D eigenvalue weighted by Gasteiger charge is -2.17. The summed E-state index contributed by atoms with van der Waals surface area (Å²) in [5.41, 5.74) is 0.648. The van der Waals surface area contributed by atoms with Gasteiger partial charge in [-0.05, 0) is 24.3 Å². The molecule has 0 spiro atoms. The Bertz CT molecular complexity index is 698. The summed E-state index contributed by atoms with van der Waals surface area (Å²) in [6.07, 6.45) is 2.41. The van der Waals surface area contributed by atoms with Crippen LogP contribution in [0.2, 0.25) is 0 Å². The zero-order chi connectivity index (χ0) is 17.0. The van der Waals surface area contributed by atoms with E-state index in [2.05, 4.69) is 9.72 Å². The summed E-state index contributed by atoms with van der Waals surface area (Å²) in [6, 6.07) is 5.88. The minimum Gasteiger partial charge on any atom is -0.465 e. The van der Waals surface area contributed by atoms with Crippen LogP contribution in [-0.4, -0.2) is 40.5 Å². The van der Waals surface area contributed by atoms with Crippen molar-refractivity contribution in [2.24, 2.45) is 0 Å². The Balaban J connectivity index is 2.10. The normalized spacial score (nSPS) is 10.7. The number of alkyl halides is 2. The largest absolute Gasteiger partial charge is 0.465 e. The van der Waals surface area contributed by atoms with E-state index in [4.69, 9.17) is 0 Å². The molecule has 0 N–H and O–H groups in total. The van der Waals surface area contributed by atoms with Crippen LogP contribution in [0.1, 0.15) is 33.1 Å². The number of halogens is 2. The molecule has 0 atom stereocenters. The second-order valence-electron chi connectivity index (χ2n) is 4.76. The fourth-order valence-electron chi connectivity index (χ4n) is 2.02. The van der Waals surface area contributed by atoms with Crippen LogP contribution in [0.25, 0.3) is 0 Å². The van der Waals surface area contributed by atoms with Crippen molar-refractivity contribution in [1.29, 1.82) is 0 Å². The van der Waals surface area contributed by atoms with E-state index < -0.39 is 12.5 Å². The average Bonchev–Trinajstić information content (AvgIpc) is 3.01. The van der Waals surface area contributed by atoms with E-state index in [1.807, 2.05) is 0 Å². The van der Waals surface area contributed by atoms with Crippen molar-refractivity contribution < 1.29 is 23.1 Å². The number of hydrogen-bond donors (Lipinski definition) is 0. The summed E-state index contributed by atoms with van der Waals surface area (Å²) in [6.45, 7) is -2.77. The average molecular weight is 323 g/mol. The van der Waals surface area contributed by atoms with Gasteiger partial charge in [-0.2, -0.15) is 8.78 Å². The van der Waals surface area contributed by atoms with Gasteiger partial charge in [0.25, 0.3) is 5.91 Å². The summed E-state index contributed by atoms with van der Waals surface area (Å²) in [7, 11) is 2.75. The van der Waals surface area contributed by atoms with Gasteiger partial charge in [0.05, 0.1) is 19.2 Å². The molecule has 0 radical (unpaired) electrons. The van der Waals surface area contributed by atoms with Crippen LogP contribution in [0, 0.1) is 0 Å². The fourth-order valence-corrected chi connectivity index (χ4v) is 2.02. The number of esters is 1. The third kappa shape index (κ3) is 3.71. The van der Waals surface area contributed by atoms with E-state index in [9.17, 15) is 18.4 Å². The van der Waals surface area contributed by atoms with E-state index >= 15 is 0 Å². The van der Waals surface area contributed by atoms with Gasteiger partial charge < -0.3 is 9.64 Å². The predicted molar refractivity (Wildman–Crippen MR) is 77.1 cm³/mol. The highest BCUT2D eigenvalue weighted by molar-refractivity contribution is 5.96. The molecule has 0 fully saturated rings. The first-order valence-electron chi connectivity index (χ1n) is 6.67. The van der Waals surface area contributed by atoms with Crippen molar-refractivity contribution in [1.82, 2.24) is 14.5 Å². The van der Waals surface area contributed by atoms with Crippen LogP contribution < -0.4 is 0 Å². The third-order valence-corrected chi connectivity index (χ3v) is 3.24. The molecule has 1 amide bonds. The first kappa shape index (κ1) is 16.6. The number of aromatic nitrogens is 2. The van der Waals surface area contributed by atoms with Gasteiger partial charge in [0.15, 0.2) is 0 Å². The number of methoxy groups -OCH3 is 1. The molecule has 8 heteroatoms. The Labute approximate surface area is 131 Å². The number of nitrogens with zero attached hydrogens (tertiary/aromatic N) is 3. The van der Waals surface area contributed by atoms with Gasteiger partial charge >= 0.3 is 12.5 Å². The van der Waals surface area contributed by atoms with E-state index in [-0.39, 0.29) is 18.3 Å². The van der Waals surface area contributed by atoms with E-state index in [1.165, 1.54) is 49.5 Å². The van der Waals surface area contributed by atoms with Crippen LogP contribution >= 0.6 is 0 Å². The highest BCUT2D eigenvalue weighted by atomic mass is 19.3. The van der Waals surface area contributed by atoms with Gasteiger partial charge in [0.2, 0.25) is 0 Å². The lowest BCUT2D eigenvalue weighted by atomic mass is 10.1. The summed E-state index contributed by atoms with van der Waals surface area (Å²) in [5.74, 6) is -0.788. The molecule has 2 aromatic rings. The number of imidazole rings is 1. The number of carbonyl (C=O) groups is 2. The van der Waals surface area contributed by atoms with Crippen LogP contribution in [-0.2, 0) is 11.3 Å². The first-order valence-corrected chi connectivity index (χ1v) is 6.67. The number of amides is 1. The number of benzene rings is 1. The minimum atomic E-state index is -2.71. The summed E-state index contributed by atoms with van der Waals surface area (Å²) in [5, 5.41) is 0. The molecule has 2 rings (SSSR count). The Morgan fingerprint density at radius 1 is 1.26 bits per heavy atom. The number of carbonyl (C=O) groups excluding carboxylic acids is 2. The summed E-state index contributed by atoms with van der Waals surface area (Å²) in [4.78, 5) is 28.7. The van der Waals surface area contributed by atoms with Crippen molar-refractivity contribution in [2.45, 2.75) is 13.1 Å². The molecule has 122 valence electrons. The highest BCUT2D eigenvalue weighted by Gasteiger charge is 2.17. The van der Waals surface area contributed by atoms with E-state index in [1.54, 1.807) is 0 Å². The maximum atomic E-state index is 12.8. The molecule has 0 aliphatic rings. The molecule has 0 bridgehead atoms. The van der Waals surface area contributed by atoms with Crippen molar-refractivity contribution in [3.8, 4) is 0 Å². The minimum absolute atomic E-state index is 0.0606. The van der Waals surface area contributed by atoms with Gasteiger partial charge in [0, 0.05) is 25.0 Å². The van der Waals surface area contributed by atoms with Crippen LogP contribution in [0.15, 0.2) is 36.7 Å².